The first-order valence-electron chi connectivity index (χ1n) is 6.47. The van der Waals surface area contributed by atoms with E-state index in [1.165, 1.54) is 30.2 Å². The Morgan fingerprint density at radius 2 is 2.06 bits per heavy atom. The first-order valence-corrected chi connectivity index (χ1v) is 7.27. The van der Waals surface area contributed by atoms with Crippen molar-refractivity contribution in [3.63, 3.8) is 0 Å². The van der Waals surface area contributed by atoms with Crippen molar-refractivity contribution in [3.05, 3.63) is 33.8 Å². The monoisotopic (exact) mass is 276 g/mol. The number of benzene rings is 1. The third-order valence-electron chi connectivity index (χ3n) is 5.15. The molecule has 2 saturated carbocycles. The summed E-state index contributed by atoms with van der Waals surface area (Å²) in [7, 11) is 0. The van der Waals surface area contributed by atoms with Crippen LogP contribution in [0.5, 0.6) is 0 Å². The summed E-state index contributed by atoms with van der Waals surface area (Å²) in [6.07, 6.45) is 5.86. The van der Waals surface area contributed by atoms with E-state index in [-0.39, 0.29) is 0 Å². The van der Waals surface area contributed by atoms with E-state index in [1.807, 2.05) is 0 Å². The fourth-order valence-electron chi connectivity index (χ4n) is 4.62. The summed E-state index contributed by atoms with van der Waals surface area (Å²) in [6.45, 7) is 2.45. The summed E-state index contributed by atoms with van der Waals surface area (Å²) in [5.41, 5.74) is 4.08. The molecular formula is C15H17Br. The zero-order valence-corrected chi connectivity index (χ0v) is 11.3. The maximum absolute atomic E-state index is 3.63. The molecule has 0 aromatic heterocycles. The van der Waals surface area contributed by atoms with Gasteiger partial charge in [-0.15, -0.1) is 0 Å². The Morgan fingerprint density at radius 3 is 2.94 bits per heavy atom. The number of hydrogen-bond donors (Lipinski definition) is 0. The molecule has 0 N–H and O–H groups in total. The maximum Gasteiger partial charge on any atom is 0.0178 e. The highest BCUT2D eigenvalue weighted by molar-refractivity contribution is 9.10. The number of hydrogen-bond acceptors (Lipinski definition) is 0. The van der Waals surface area contributed by atoms with Crippen molar-refractivity contribution in [2.24, 2.45) is 11.3 Å². The summed E-state index contributed by atoms with van der Waals surface area (Å²) in [5.74, 6) is 2.71. The second-order valence-electron chi connectivity index (χ2n) is 6.34. The molecule has 0 radical (unpaired) electrons. The van der Waals surface area contributed by atoms with Crippen LogP contribution in [-0.2, 0) is 0 Å². The second-order valence-corrected chi connectivity index (χ2v) is 7.25. The van der Waals surface area contributed by atoms with Gasteiger partial charge in [0, 0.05) is 4.47 Å². The lowest BCUT2D eigenvalue weighted by atomic mass is 9.65. The van der Waals surface area contributed by atoms with E-state index < -0.39 is 0 Å². The second kappa shape index (κ2) is 2.93. The smallest absolute Gasteiger partial charge is 0.0178 e. The average molecular weight is 277 g/mol. The minimum absolute atomic E-state index is 0.732. The van der Waals surface area contributed by atoms with Gasteiger partial charge in [-0.3, -0.25) is 0 Å². The van der Waals surface area contributed by atoms with Crippen LogP contribution in [0.2, 0.25) is 0 Å². The van der Waals surface area contributed by atoms with Gasteiger partial charge in [-0.1, -0.05) is 28.9 Å². The Bertz CT molecular complexity index is 465. The van der Waals surface area contributed by atoms with Crippen molar-refractivity contribution in [1.29, 1.82) is 0 Å². The summed E-state index contributed by atoms with van der Waals surface area (Å²) in [6, 6.07) is 7.00. The van der Waals surface area contributed by atoms with Crippen molar-refractivity contribution >= 4 is 15.9 Å². The third kappa shape index (κ3) is 1.16. The van der Waals surface area contributed by atoms with Gasteiger partial charge in [0.15, 0.2) is 0 Å². The predicted octanol–water partition coefficient (Wildman–Crippen LogP) is 4.84. The Hall–Kier alpha value is -0.300. The number of rotatable bonds is 0. The van der Waals surface area contributed by atoms with Gasteiger partial charge < -0.3 is 0 Å². The van der Waals surface area contributed by atoms with E-state index in [1.54, 1.807) is 11.1 Å². The van der Waals surface area contributed by atoms with Crippen molar-refractivity contribution in [1.82, 2.24) is 0 Å². The lowest BCUT2D eigenvalue weighted by Crippen LogP contribution is -2.26. The van der Waals surface area contributed by atoms with Gasteiger partial charge in [0.2, 0.25) is 0 Å². The molecule has 1 heteroatoms. The molecule has 4 atom stereocenters. The van der Waals surface area contributed by atoms with Gasteiger partial charge in [0.05, 0.1) is 0 Å². The van der Waals surface area contributed by atoms with Crippen LogP contribution in [0.25, 0.3) is 0 Å². The standard InChI is InChI=1S/C15H17Br/c1-9-4-10-7-15(6-9)8-14(15)13-5-11(16)2-3-12(10)13/h2-3,5,9-10,14H,4,6-8H2,1H3. The lowest BCUT2D eigenvalue weighted by molar-refractivity contribution is 0.215. The zero-order chi connectivity index (χ0) is 10.9. The predicted molar refractivity (Wildman–Crippen MR) is 69.7 cm³/mol. The maximum atomic E-state index is 3.63. The highest BCUT2D eigenvalue weighted by Gasteiger charge is 2.60. The molecular weight excluding hydrogens is 260 g/mol. The van der Waals surface area contributed by atoms with Gasteiger partial charge in [-0.05, 0) is 72.1 Å². The van der Waals surface area contributed by atoms with Gasteiger partial charge in [-0.2, -0.15) is 0 Å². The molecule has 1 aromatic carbocycles. The Labute approximate surface area is 106 Å². The lowest BCUT2D eigenvalue weighted by Gasteiger charge is -2.39. The molecule has 2 fully saturated rings. The fraction of sp³-hybridized carbons (Fsp3) is 0.600. The minimum atomic E-state index is 0.732. The van der Waals surface area contributed by atoms with Crippen LogP contribution in [-0.4, -0.2) is 0 Å². The quantitative estimate of drug-likeness (QED) is 0.636. The van der Waals surface area contributed by atoms with E-state index in [2.05, 4.69) is 41.1 Å². The van der Waals surface area contributed by atoms with Crippen LogP contribution >= 0.6 is 15.9 Å². The van der Waals surface area contributed by atoms with E-state index >= 15 is 0 Å². The molecule has 4 rings (SSSR count). The van der Waals surface area contributed by atoms with Gasteiger partial charge in [0.1, 0.15) is 0 Å². The first-order chi connectivity index (χ1) is 7.68. The largest absolute Gasteiger partial charge is 0.0625 e. The molecule has 1 aromatic rings. The summed E-state index contributed by atoms with van der Waals surface area (Å²) in [4.78, 5) is 0. The summed E-state index contributed by atoms with van der Waals surface area (Å²) in [5, 5.41) is 0. The van der Waals surface area contributed by atoms with Gasteiger partial charge in [-0.25, -0.2) is 0 Å². The van der Waals surface area contributed by atoms with E-state index in [4.69, 9.17) is 0 Å². The van der Waals surface area contributed by atoms with E-state index in [0.29, 0.717) is 0 Å². The normalized spacial score (nSPS) is 43.5. The molecule has 0 saturated heterocycles. The topological polar surface area (TPSA) is 0 Å². The average Bonchev–Trinajstić information content (AvgIpc) is 2.90. The molecule has 2 bridgehead atoms. The van der Waals surface area contributed by atoms with Crippen LogP contribution in [0.3, 0.4) is 0 Å². The molecule has 1 spiro atoms. The molecule has 0 aliphatic heterocycles. The highest BCUT2D eigenvalue weighted by atomic mass is 79.9. The Morgan fingerprint density at radius 1 is 1.19 bits per heavy atom. The zero-order valence-electron chi connectivity index (χ0n) is 9.67. The number of fused-ring (bicyclic) bond motifs is 4. The molecule has 3 aliphatic carbocycles. The fourth-order valence-corrected chi connectivity index (χ4v) is 4.99. The van der Waals surface area contributed by atoms with Crippen molar-refractivity contribution in [3.8, 4) is 0 Å². The molecule has 4 unspecified atom stereocenters. The molecule has 0 nitrogen and oxygen atoms in total. The summed E-state index contributed by atoms with van der Waals surface area (Å²) >= 11 is 3.63. The van der Waals surface area contributed by atoms with Crippen LogP contribution in [0.4, 0.5) is 0 Å². The Kier molecular flexibility index (Phi) is 1.78. The first kappa shape index (κ1) is 9.70. The molecule has 0 heterocycles. The molecule has 3 aliphatic rings. The molecule has 0 amide bonds. The SMILES string of the molecule is CC1CC2CC3(C1)CC3c1cc(Br)ccc12. The van der Waals surface area contributed by atoms with Crippen molar-refractivity contribution < 1.29 is 0 Å². The molecule has 16 heavy (non-hydrogen) atoms. The van der Waals surface area contributed by atoms with Crippen molar-refractivity contribution in [2.45, 2.75) is 44.4 Å². The number of halogens is 1. The van der Waals surface area contributed by atoms with Gasteiger partial charge >= 0.3 is 0 Å². The van der Waals surface area contributed by atoms with E-state index in [9.17, 15) is 0 Å². The van der Waals surface area contributed by atoms with Crippen LogP contribution in [0.1, 0.15) is 55.6 Å². The van der Waals surface area contributed by atoms with Crippen molar-refractivity contribution in [2.75, 3.05) is 0 Å². The summed E-state index contributed by atoms with van der Waals surface area (Å²) < 4.78 is 1.27. The van der Waals surface area contributed by atoms with E-state index in [0.717, 1.165) is 23.2 Å². The van der Waals surface area contributed by atoms with Crippen LogP contribution in [0.15, 0.2) is 22.7 Å². The van der Waals surface area contributed by atoms with Crippen LogP contribution < -0.4 is 0 Å². The third-order valence-corrected chi connectivity index (χ3v) is 5.64. The Balaban J connectivity index is 1.88. The molecule has 84 valence electrons. The minimum Gasteiger partial charge on any atom is -0.0625 e. The van der Waals surface area contributed by atoms with Gasteiger partial charge in [0.25, 0.3) is 0 Å². The van der Waals surface area contributed by atoms with Crippen LogP contribution in [0, 0.1) is 11.3 Å². The highest BCUT2D eigenvalue weighted by Crippen LogP contribution is 2.73.